The smallest absolute Gasteiger partial charge is 0.407 e. The van der Waals surface area contributed by atoms with Crippen LogP contribution in [0.2, 0.25) is 0 Å². The summed E-state index contributed by atoms with van der Waals surface area (Å²) in [4.78, 5) is 12.1. The van der Waals surface area contributed by atoms with Gasteiger partial charge in [-0.05, 0) is 89.6 Å². The number of hydrogen-bond donors (Lipinski definition) is 2. The molecule has 0 unspecified atom stereocenters. The molecule has 0 spiro atoms. The molecule has 2 aromatic carbocycles. The largest absolute Gasteiger partial charge is 0.449 e. The van der Waals surface area contributed by atoms with Crippen molar-refractivity contribution in [3.05, 3.63) is 58.1 Å². The first-order valence-electron chi connectivity index (χ1n) is 12.9. The van der Waals surface area contributed by atoms with E-state index in [0.717, 1.165) is 56.0 Å². The second-order valence-corrected chi connectivity index (χ2v) is 9.88. The van der Waals surface area contributed by atoms with E-state index in [1.165, 1.54) is 27.1 Å². The molecule has 1 fully saturated rings. The summed E-state index contributed by atoms with van der Waals surface area (Å²) >= 11 is 0. The Hall–Kier alpha value is -3.19. The molecular formula is C31H38N2O2. The summed E-state index contributed by atoms with van der Waals surface area (Å²) < 4.78 is 5.49. The van der Waals surface area contributed by atoms with Gasteiger partial charge in [0.05, 0.1) is 6.61 Å². The number of aryl methyl sites for hydroxylation is 1. The number of allylic oxidation sites excluding steroid dienone is 1. The highest BCUT2D eigenvalue weighted by molar-refractivity contribution is 5.87. The fourth-order valence-electron chi connectivity index (χ4n) is 5.51. The van der Waals surface area contributed by atoms with E-state index >= 15 is 0 Å². The van der Waals surface area contributed by atoms with Crippen LogP contribution in [0.5, 0.6) is 0 Å². The fourth-order valence-corrected chi connectivity index (χ4v) is 5.51. The minimum absolute atomic E-state index is 0.307. The zero-order chi connectivity index (χ0) is 24.8. The van der Waals surface area contributed by atoms with Gasteiger partial charge in [-0.2, -0.15) is 0 Å². The summed E-state index contributed by atoms with van der Waals surface area (Å²) in [6.45, 7) is 14.5. The standard InChI is InChI=1S/C31H38N2O2/c1-5-24-14-15-25-16-17-26(23(4)30(25)22(24)3)19-33-21(2)11-10-18-32-31(34)35-20-29-27-12-8-6-7-9-13-28(27)29/h5,14-17,27-29,33H,2-3,8-13,18-20H2,1,4H3,(H,32,34)/b24-5-/t27-,28+,29-. The molecule has 35 heavy (non-hydrogen) atoms. The fraction of sp³-hybridized carbons (Fsp3) is 0.452. The number of carbonyl (C=O) groups is 1. The lowest BCUT2D eigenvalue weighted by Crippen LogP contribution is -2.26. The van der Waals surface area contributed by atoms with Gasteiger partial charge in [0.1, 0.15) is 0 Å². The van der Waals surface area contributed by atoms with E-state index in [1.54, 1.807) is 0 Å². The predicted molar refractivity (Wildman–Crippen MR) is 145 cm³/mol. The molecule has 0 heterocycles. The molecule has 1 saturated carbocycles. The Morgan fingerprint density at radius 1 is 1.14 bits per heavy atom. The Balaban J connectivity index is 1.15. The number of alkyl carbamates (subject to hydrolysis) is 1. The van der Waals surface area contributed by atoms with Gasteiger partial charge in [-0.3, -0.25) is 0 Å². The maximum Gasteiger partial charge on any atom is 0.407 e. The van der Waals surface area contributed by atoms with E-state index in [9.17, 15) is 4.79 Å². The van der Waals surface area contributed by atoms with Gasteiger partial charge in [-0.1, -0.05) is 43.5 Å². The molecule has 0 radical (unpaired) electrons. The van der Waals surface area contributed by atoms with Crippen LogP contribution in [0.15, 0.2) is 36.5 Å². The maximum absolute atomic E-state index is 12.1. The van der Waals surface area contributed by atoms with Crippen LogP contribution in [0.25, 0.3) is 23.4 Å². The molecular weight excluding hydrogens is 432 g/mol. The predicted octanol–water partition coefficient (Wildman–Crippen LogP) is 4.91. The summed E-state index contributed by atoms with van der Waals surface area (Å²) in [6, 6.07) is 8.63. The van der Waals surface area contributed by atoms with Crippen molar-refractivity contribution in [2.24, 2.45) is 17.8 Å². The lowest BCUT2D eigenvalue weighted by molar-refractivity contribution is 0.137. The molecule has 184 valence electrons. The summed E-state index contributed by atoms with van der Waals surface area (Å²) in [7, 11) is 0. The van der Waals surface area contributed by atoms with E-state index in [-0.39, 0.29) is 6.09 Å². The third-order valence-corrected chi connectivity index (χ3v) is 7.71. The van der Waals surface area contributed by atoms with Crippen molar-refractivity contribution in [1.29, 1.82) is 0 Å². The molecule has 0 aliphatic heterocycles. The van der Waals surface area contributed by atoms with E-state index < -0.39 is 0 Å². The number of fused-ring (bicyclic) bond motifs is 2. The molecule has 4 heteroatoms. The average molecular weight is 471 g/mol. The Morgan fingerprint density at radius 3 is 2.57 bits per heavy atom. The molecule has 2 aromatic rings. The lowest BCUT2D eigenvalue weighted by Gasteiger charge is -2.14. The van der Waals surface area contributed by atoms with Crippen LogP contribution in [0.4, 0.5) is 4.79 Å². The van der Waals surface area contributed by atoms with Gasteiger partial charge in [-0.15, -0.1) is 11.8 Å². The van der Waals surface area contributed by atoms with Crippen LogP contribution in [-0.2, 0) is 11.3 Å². The highest BCUT2D eigenvalue weighted by atomic mass is 16.5. The highest BCUT2D eigenvalue weighted by Gasteiger charge is 2.49. The first-order valence-corrected chi connectivity index (χ1v) is 12.9. The molecule has 0 bridgehead atoms. The number of ether oxygens (including phenoxy) is 1. The summed E-state index contributed by atoms with van der Waals surface area (Å²) in [5, 5.41) is 11.1. The van der Waals surface area contributed by atoms with Gasteiger partial charge in [-0.25, -0.2) is 4.79 Å². The van der Waals surface area contributed by atoms with Gasteiger partial charge in [0, 0.05) is 31.6 Å². The van der Waals surface area contributed by atoms with Crippen LogP contribution < -0.4 is 21.1 Å². The van der Waals surface area contributed by atoms with Crippen molar-refractivity contribution in [2.45, 2.75) is 58.9 Å². The molecule has 3 atom stereocenters. The summed E-state index contributed by atoms with van der Waals surface area (Å²) in [6.07, 6.45) is 7.69. The Labute approximate surface area is 209 Å². The zero-order valence-electron chi connectivity index (χ0n) is 21.2. The second-order valence-electron chi connectivity index (χ2n) is 9.88. The number of amides is 1. The summed E-state index contributed by atoms with van der Waals surface area (Å²) in [5.41, 5.74) is 3.48. The van der Waals surface area contributed by atoms with Gasteiger partial charge in [0.15, 0.2) is 0 Å². The van der Waals surface area contributed by atoms with E-state index in [4.69, 9.17) is 4.74 Å². The Morgan fingerprint density at radius 2 is 1.86 bits per heavy atom. The second kappa shape index (κ2) is 11.5. The summed E-state index contributed by atoms with van der Waals surface area (Å²) in [5.74, 6) is 8.37. The molecule has 0 saturated heterocycles. The van der Waals surface area contributed by atoms with Crippen LogP contribution >= 0.6 is 0 Å². The van der Waals surface area contributed by atoms with Gasteiger partial charge >= 0.3 is 6.09 Å². The molecule has 1 amide bonds. The molecule has 4 rings (SSSR count). The third-order valence-electron chi connectivity index (χ3n) is 7.71. The first kappa shape index (κ1) is 24.9. The Kier molecular flexibility index (Phi) is 8.18. The van der Waals surface area contributed by atoms with Crippen molar-refractivity contribution >= 4 is 29.5 Å². The van der Waals surface area contributed by atoms with Crippen molar-refractivity contribution in [1.82, 2.24) is 10.6 Å². The number of carbonyl (C=O) groups excluding carboxylic acids is 1. The third kappa shape index (κ3) is 6.09. The van der Waals surface area contributed by atoms with Crippen LogP contribution in [-0.4, -0.2) is 19.2 Å². The number of rotatable bonds is 9. The minimum atomic E-state index is -0.307. The monoisotopic (exact) mass is 470 g/mol. The van der Waals surface area contributed by atoms with Crippen molar-refractivity contribution in [3.8, 4) is 11.8 Å². The van der Waals surface area contributed by atoms with Crippen molar-refractivity contribution in [2.75, 3.05) is 13.2 Å². The highest BCUT2D eigenvalue weighted by Crippen LogP contribution is 2.52. The quantitative estimate of drug-likeness (QED) is 0.405. The molecule has 2 N–H and O–H groups in total. The van der Waals surface area contributed by atoms with Gasteiger partial charge < -0.3 is 15.4 Å². The first-order chi connectivity index (χ1) is 17.0. The van der Waals surface area contributed by atoms with E-state index in [2.05, 4.69) is 72.9 Å². The minimum Gasteiger partial charge on any atom is -0.449 e. The van der Waals surface area contributed by atoms with E-state index in [0.29, 0.717) is 30.9 Å². The SMILES string of the molecule is C=C(CCCNC(=O)OC[C@@H]1[C@@H]2CCC#CCC[C@@H]21)NCc1ccc2cc/c(=C/C)c(=C)c2c1C. The van der Waals surface area contributed by atoms with Crippen LogP contribution in [0.1, 0.15) is 56.6 Å². The molecule has 2 aliphatic carbocycles. The molecule has 4 nitrogen and oxygen atoms in total. The van der Waals surface area contributed by atoms with Gasteiger partial charge in [0.25, 0.3) is 0 Å². The number of hydrogen-bond acceptors (Lipinski definition) is 3. The molecule has 0 aromatic heterocycles. The lowest BCUT2D eigenvalue weighted by atomic mass is 9.97. The normalized spacial score (nSPS) is 21.2. The topological polar surface area (TPSA) is 50.4 Å². The van der Waals surface area contributed by atoms with Gasteiger partial charge in [0.2, 0.25) is 0 Å². The molecule has 2 aliphatic rings. The van der Waals surface area contributed by atoms with Crippen molar-refractivity contribution in [3.63, 3.8) is 0 Å². The van der Waals surface area contributed by atoms with Crippen molar-refractivity contribution < 1.29 is 9.53 Å². The van der Waals surface area contributed by atoms with E-state index in [1.807, 2.05) is 6.92 Å². The maximum atomic E-state index is 12.1. The average Bonchev–Trinajstić information content (AvgIpc) is 3.49. The van der Waals surface area contributed by atoms with Crippen LogP contribution in [0, 0.1) is 36.5 Å². The number of nitrogens with one attached hydrogen (secondary N) is 2. The number of benzene rings is 2. The zero-order valence-corrected chi connectivity index (χ0v) is 21.2. The van der Waals surface area contributed by atoms with Crippen LogP contribution in [0.3, 0.4) is 0 Å². The Bertz CT molecular complexity index is 1250.